The van der Waals surface area contributed by atoms with Crippen LogP contribution in [0.25, 0.3) is 0 Å². The van der Waals surface area contributed by atoms with Crippen molar-refractivity contribution in [2.75, 3.05) is 11.1 Å². The Morgan fingerprint density at radius 3 is 2.16 bits per heavy atom. The number of nitrogens with one attached hydrogen (secondary N) is 2. The van der Waals surface area contributed by atoms with E-state index in [0.717, 1.165) is 0 Å². The molecule has 0 saturated heterocycles. The summed E-state index contributed by atoms with van der Waals surface area (Å²) in [6.45, 7) is 0.0398. The quantitative estimate of drug-likeness (QED) is 0.562. The van der Waals surface area contributed by atoms with Crippen molar-refractivity contribution in [3.05, 3.63) is 101 Å². The molecule has 0 spiro atoms. The van der Waals surface area contributed by atoms with Crippen LogP contribution < -0.4 is 10.6 Å². The fraction of sp³-hybridized carbons (Fsp3) is 0.130. The first-order valence-electron chi connectivity index (χ1n) is 9.48. The fourth-order valence-corrected chi connectivity index (χ4v) is 4.17. The summed E-state index contributed by atoms with van der Waals surface area (Å²) in [5.74, 6) is -2.39. The predicted molar refractivity (Wildman–Crippen MR) is 117 cm³/mol. The highest BCUT2D eigenvalue weighted by Crippen LogP contribution is 2.12. The van der Waals surface area contributed by atoms with Crippen LogP contribution in [-0.2, 0) is 26.9 Å². The zero-order valence-corrected chi connectivity index (χ0v) is 17.4. The second kappa shape index (κ2) is 9.99. The zero-order valence-electron chi connectivity index (χ0n) is 16.5. The van der Waals surface area contributed by atoms with Crippen LogP contribution in [0.5, 0.6) is 0 Å². The molecule has 0 heterocycles. The number of rotatable bonds is 8. The van der Waals surface area contributed by atoms with Crippen molar-refractivity contribution in [1.29, 1.82) is 0 Å². The van der Waals surface area contributed by atoms with Gasteiger partial charge in [-0.15, -0.1) is 0 Å². The molecule has 160 valence electrons. The lowest BCUT2D eigenvalue weighted by atomic mass is 10.1. The first kappa shape index (κ1) is 22.2. The maximum Gasteiger partial charge on any atom is 0.251 e. The zero-order chi connectivity index (χ0) is 22.3. The number of hydrogen-bond donors (Lipinski definition) is 2. The Kier molecular flexibility index (Phi) is 7.15. The Morgan fingerprint density at radius 2 is 1.48 bits per heavy atom. The van der Waals surface area contributed by atoms with E-state index in [9.17, 15) is 22.4 Å². The van der Waals surface area contributed by atoms with E-state index in [1.807, 2.05) is 0 Å². The Morgan fingerprint density at radius 1 is 0.839 bits per heavy atom. The summed E-state index contributed by atoms with van der Waals surface area (Å²) in [7, 11) is -3.69. The molecule has 0 radical (unpaired) electrons. The third-order valence-electron chi connectivity index (χ3n) is 4.41. The average molecular weight is 440 g/mol. The van der Waals surface area contributed by atoms with Crippen molar-refractivity contribution >= 4 is 27.3 Å². The fourth-order valence-electron chi connectivity index (χ4n) is 2.89. The maximum atomic E-state index is 13.6. The Hall–Kier alpha value is -3.52. The molecule has 6 nitrogen and oxygen atoms in total. The van der Waals surface area contributed by atoms with E-state index in [0.29, 0.717) is 22.4 Å². The number of anilines is 1. The highest BCUT2D eigenvalue weighted by molar-refractivity contribution is 7.91. The molecule has 0 bridgehead atoms. The smallest absolute Gasteiger partial charge is 0.251 e. The molecule has 3 rings (SSSR count). The number of carbonyl (C=O) groups is 2. The van der Waals surface area contributed by atoms with Gasteiger partial charge in [0.15, 0.2) is 9.84 Å². The van der Waals surface area contributed by atoms with Gasteiger partial charge in [-0.2, -0.15) is 0 Å². The molecule has 0 atom stereocenters. The molecule has 2 N–H and O–H groups in total. The van der Waals surface area contributed by atoms with Gasteiger partial charge in [-0.3, -0.25) is 9.59 Å². The summed E-state index contributed by atoms with van der Waals surface area (Å²) < 4.78 is 38.3. The van der Waals surface area contributed by atoms with Gasteiger partial charge >= 0.3 is 0 Å². The van der Waals surface area contributed by atoms with Gasteiger partial charge in [0.1, 0.15) is 11.6 Å². The van der Waals surface area contributed by atoms with Gasteiger partial charge in [-0.1, -0.05) is 48.5 Å². The molecule has 31 heavy (non-hydrogen) atoms. The van der Waals surface area contributed by atoms with Crippen molar-refractivity contribution in [2.45, 2.75) is 12.3 Å². The summed E-state index contributed by atoms with van der Waals surface area (Å²) in [5.41, 5.74) is 1.67. The van der Waals surface area contributed by atoms with E-state index in [1.54, 1.807) is 48.5 Å². The van der Waals surface area contributed by atoms with Crippen LogP contribution in [0.3, 0.4) is 0 Å². The molecule has 0 saturated carbocycles. The first-order chi connectivity index (χ1) is 14.8. The Labute approximate surface area is 180 Å². The van der Waals surface area contributed by atoms with Crippen LogP contribution in [0.1, 0.15) is 21.5 Å². The predicted octanol–water partition coefficient (Wildman–Crippen LogP) is 3.31. The van der Waals surface area contributed by atoms with Gasteiger partial charge in [0.2, 0.25) is 5.91 Å². The minimum absolute atomic E-state index is 0.0398. The number of benzene rings is 3. The van der Waals surface area contributed by atoms with Crippen molar-refractivity contribution in [3.63, 3.8) is 0 Å². The molecule has 3 aromatic rings. The number of para-hydroxylation sites is 1. The standard InChI is InChI=1S/C23H21FN2O4S/c24-21-9-5-4-6-19(21)14-25-23(28)18-12-10-17(11-13-18)15-31(29,30)16-22(27)26-20-7-2-1-3-8-20/h1-13H,14-16H2,(H,25,28)(H,26,27). The second-order valence-electron chi connectivity index (χ2n) is 6.92. The molecule has 0 aliphatic carbocycles. The Bertz CT molecular complexity index is 1160. The Balaban J connectivity index is 1.54. The molecule has 3 aromatic carbocycles. The van der Waals surface area contributed by atoms with Gasteiger partial charge < -0.3 is 10.6 Å². The number of halogens is 1. The monoisotopic (exact) mass is 440 g/mol. The van der Waals surface area contributed by atoms with Crippen molar-refractivity contribution < 1.29 is 22.4 Å². The summed E-state index contributed by atoms with van der Waals surface area (Å²) in [6.07, 6.45) is 0. The van der Waals surface area contributed by atoms with Crippen LogP contribution in [0.4, 0.5) is 10.1 Å². The minimum Gasteiger partial charge on any atom is -0.348 e. The van der Waals surface area contributed by atoms with E-state index in [2.05, 4.69) is 10.6 Å². The second-order valence-corrected chi connectivity index (χ2v) is 8.98. The van der Waals surface area contributed by atoms with Gasteiger partial charge in [-0.25, -0.2) is 12.8 Å². The summed E-state index contributed by atoms with van der Waals surface area (Å²) >= 11 is 0. The summed E-state index contributed by atoms with van der Waals surface area (Å²) in [6, 6.07) is 20.8. The lowest BCUT2D eigenvalue weighted by molar-refractivity contribution is -0.113. The molecule has 0 aliphatic rings. The SMILES string of the molecule is O=C(CS(=O)(=O)Cc1ccc(C(=O)NCc2ccccc2F)cc1)Nc1ccccc1. The van der Waals surface area contributed by atoms with E-state index in [1.165, 1.54) is 30.3 Å². The molecule has 2 amide bonds. The summed E-state index contributed by atoms with van der Waals surface area (Å²) in [4.78, 5) is 24.2. The molecular formula is C23H21FN2O4S. The molecule has 0 fully saturated rings. The van der Waals surface area contributed by atoms with Crippen LogP contribution >= 0.6 is 0 Å². The average Bonchev–Trinajstić information content (AvgIpc) is 2.73. The number of carbonyl (C=O) groups excluding carboxylic acids is 2. The third kappa shape index (κ3) is 6.75. The molecule has 0 aliphatic heterocycles. The van der Waals surface area contributed by atoms with E-state index >= 15 is 0 Å². The highest BCUT2D eigenvalue weighted by atomic mass is 32.2. The largest absolute Gasteiger partial charge is 0.348 e. The number of hydrogen-bond acceptors (Lipinski definition) is 4. The van der Waals surface area contributed by atoms with Crippen LogP contribution in [-0.4, -0.2) is 26.0 Å². The minimum atomic E-state index is -3.69. The molecule has 0 unspecified atom stereocenters. The molecular weight excluding hydrogens is 419 g/mol. The molecule has 8 heteroatoms. The topological polar surface area (TPSA) is 92.3 Å². The van der Waals surface area contributed by atoms with E-state index in [-0.39, 0.29) is 12.3 Å². The van der Waals surface area contributed by atoms with E-state index < -0.39 is 33.2 Å². The van der Waals surface area contributed by atoms with Crippen molar-refractivity contribution in [2.24, 2.45) is 0 Å². The van der Waals surface area contributed by atoms with Crippen molar-refractivity contribution in [3.8, 4) is 0 Å². The highest BCUT2D eigenvalue weighted by Gasteiger charge is 2.18. The van der Waals surface area contributed by atoms with Crippen LogP contribution in [0.15, 0.2) is 78.9 Å². The third-order valence-corrected chi connectivity index (χ3v) is 5.88. The lowest BCUT2D eigenvalue weighted by Crippen LogP contribution is -2.24. The van der Waals surface area contributed by atoms with Crippen molar-refractivity contribution in [1.82, 2.24) is 5.32 Å². The molecule has 0 aromatic heterocycles. The first-order valence-corrected chi connectivity index (χ1v) is 11.3. The summed E-state index contributed by atoms with van der Waals surface area (Å²) in [5, 5.41) is 5.16. The van der Waals surface area contributed by atoms with Gasteiger partial charge in [0.25, 0.3) is 5.91 Å². The van der Waals surface area contributed by atoms with Crippen LogP contribution in [0.2, 0.25) is 0 Å². The van der Waals surface area contributed by atoms with E-state index in [4.69, 9.17) is 0 Å². The number of sulfone groups is 1. The number of amides is 2. The van der Waals surface area contributed by atoms with Gasteiger partial charge in [0.05, 0.1) is 5.75 Å². The lowest BCUT2D eigenvalue weighted by Gasteiger charge is -2.08. The normalized spacial score (nSPS) is 11.0. The maximum absolute atomic E-state index is 13.6. The van der Waals surface area contributed by atoms with Gasteiger partial charge in [0, 0.05) is 23.4 Å². The van der Waals surface area contributed by atoms with Crippen LogP contribution in [0, 0.1) is 5.82 Å². The van der Waals surface area contributed by atoms with Gasteiger partial charge in [-0.05, 0) is 35.9 Å².